The van der Waals surface area contributed by atoms with Gasteiger partial charge in [0.15, 0.2) is 5.58 Å². The topological polar surface area (TPSA) is 42.4 Å². The van der Waals surface area contributed by atoms with Crippen molar-refractivity contribution in [2.45, 2.75) is 0 Å². The van der Waals surface area contributed by atoms with Gasteiger partial charge in [-0.2, -0.15) is 0 Å². The predicted molar refractivity (Wildman–Crippen MR) is 243 cm³/mol. The van der Waals surface area contributed by atoms with Crippen molar-refractivity contribution < 1.29 is 8.83 Å². The van der Waals surface area contributed by atoms with Crippen LogP contribution in [0, 0.1) is 0 Å². The van der Waals surface area contributed by atoms with Gasteiger partial charge in [0, 0.05) is 49.2 Å². The average molecular weight is 761 g/mol. The summed E-state index contributed by atoms with van der Waals surface area (Å²) in [5, 5.41) is 7.12. The summed E-state index contributed by atoms with van der Waals surface area (Å²) in [6.07, 6.45) is 0. The van der Waals surface area contributed by atoms with E-state index in [2.05, 4.69) is 157 Å². The smallest absolute Gasteiger partial charge is 0.227 e. The molecule has 5 heteroatoms. The van der Waals surface area contributed by atoms with E-state index in [4.69, 9.17) is 13.8 Å². The zero-order chi connectivity index (χ0) is 38.2. The molecule has 0 radical (unpaired) electrons. The van der Waals surface area contributed by atoms with Crippen LogP contribution in [-0.4, -0.2) is 4.98 Å². The average Bonchev–Trinajstić information content (AvgIpc) is 3.99. The minimum atomic E-state index is 0.600. The number of hydrogen-bond acceptors (Lipinski definition) is 5. The number of rotatable bonds is 6. The highest BCUT2D eigenvalue weighted by atomic mass is 32.1. The van der Waals surface area contributed by atoms with E-state index < -0.39 is 0 Å². The zero-order valence-electron chi connectivity index (χ0n) is 31.1. The van der Waals surface area contributed by atoms with Crippen molar-refractivity contribution in [3.63, 3.8) is 0 Å². The molecule has 0 spiro atoms. The van der Waals surface area contributed by atoms with E-state index in [1.807, 2.05) is 53.8 Å². The van der Waals surface area contributed by atoms with E-state index in [0.717, 1.165) is 61.2 Å². The number of furan rings is 1. The Kier molecular flexibility index (Phi) is 7.37. The van der Waals surface area contributed by atoms with Gasteiger partial charge in [0.2, 0.25) is 5.89 Å². The molecule has 12 rings (SSSR count). The molecule has 3 heterocycles. The standard InChI is InChI=1S/C53H32N2O2S/c1-2-12-36(13-3-1)53-54-45-31-44-48(32-49(45)57-53)56-47-21-10-18-41(51(44)47)35-25-29-38(30-26-35)55(46-20-9-19-43-42-16-6-7-22-50(42)58-52(43)46)37-27-23-34(24-28-37)40-17-8-14-33-11-4-5-15-39(33)40/h1-32H. The molecule has 0 aliphatic heterocycles. The van der Waals surface area contributed by atoms with Crippen LogP contribution in [0.1, 0.15) is 0 Å². The SMILES string of the molecule is c1ccc(-c2nc3cc4c(cc3o2)oc2cccc(-c3ccc(N(c5ccc(-c6cccc7ccccc67)cc5)c5cccc6c5sc5ccccc56)cc3)c24)cc1. The third-order valence-corrected chi connectivity index (χ3v) is 12.5. The molecule has 272 valence electrons. The summed E-state index contributed by atoms with van der Waals surface area (Å²) in [6, 6.07) is 68.8. The summed E-state index contributed by atoms with van der Waals surface area (Å²) in [4.78, 5) is 7.27. The maximum atomic E-state index is 6.45. The van der Waals surface area contributed by atoms with Gasteiger partial charge in [-0.1, -0.05) is 127 Å². The highest BCUT2D eigenvalue weighted by molar-refractivity contribution is 7.26. The first-order valence-corrected chi connectivity index (χ1v) is 20.3. The Morgan fingerprint density at radius 2 is 1.09 bits per heavy atom. The van der Waals surface area contributed by atoms with Gasteiger partial charge in [0.05, 0.1) is 10.4 Å². The number of aromatic nitrogens is 1. The van der Waals surface area contributed by atoms with E-state index >= 15 is 0 Å². The van der Waals surface area contributed by atoms with Crippen molar-refractivity contribution in [2.75, 3.05) is 4.90 Å². The van der Waals surface area contributed by atoms with Gasteiger partial charge in [-0.3, -0.25) is 0 Å². The van der Waals surface area contributed by atoms with Crippen LogP contribution in [0.25, 0.3) is 97.7 Å². The highest BCUT2D eigenvalue weighted by Crippen LogP contribution is 2.46. The number of anilines is 3. The summed E-state index contributed by atoms with van der Waals surface area (Å²) < 4.78 is 15.2. The molecular formula is C53H32N2O2S. The van der Waals surface area contributed by atoms with E-state index in [9.17, 15) is 0 Å². The van der Waals surface area contributed by atoms with Crippen LogP contribution in [0.5, 0.6) is 0 Å². The zero-order valence-corrected chi connectivity index (χ0v) is 31.9. The molecule has 9 aromatic carbocycles. The van der Waals surface area contributed by atoms with Crippen LogP contribution in [-0.2, 0) is 0 Å². The lowest BCUT2D eigenvalue weighted by Gasteiger charge is -2.26. The maximum Gasteiger partial charge on any atom is 0.227 e. The third kappa shape index (κ3) is 5.25. The lowest BCUT2D eigenvalue weighted by atomic mass is 9.97. The largest absolute Gasteiger partial charge is 0.456 e. The van der Waals surface area contributed by atoms with Gasteiger partial charge in [-0.05, 0) is 93.7 Å². The summed E-state index contributed by atoms with van der Waals surface area (Å²) in [7, 11) is 0. The van der Waals surface area contributed by atoms with Crippen molar-refractivity contribution >= 4 is 92.4 Å². The number of benzene rings is 9. The Labute approximate surface area is 337 Å². The number of oxazole rings is 1. The molecule has 4 nitrogen and oxygen atoms in total. The number of thiophene rings is 1. The van der Waals surface area contributed by atoms with Gasteiger partial charge in [0.25, 0.3) is 0 Å². The molecular weight excluding hydrogens is 729 g/mol. The molecule has 0 unspecified atom stereocenters. The van der Waals surface area contributed by atoms with E-state index in [1.165, 1.54) is 42.1 Å². The molecule has 58 heavy (non-hydrogen) atoms. The molecule has 0 amide bonds. The fourth-order valence-electron chi connectivity index (χ4n) is 8.59. The molecule has 0 N–H and O–H groups in total. The molecule has 0 bridgehead atoms. The molecule has 3 aromatic heterocycles. The van der Waals surface area contributed by atoms with Crippen molar-refractivity contribution in [2.24, 2.45) is 0 Å². The van der Waals surface area contributed by atoms with Gasteiger partial charge in [-0.15, -0.1) is 11.3 Å². The van der Waals surface area contributed by atoms with Gasteiger partial charge in [0.1, 0.15) is 16.7 Å². The normalized spacial score (nSPS) is 11.8. The van der Waals surface area contributed by atoms with Crippen LogP contribution in [0.15, 0.2) is 203 Å². The quantitative estimate of drug-likeness (QED) is 0.169. The maximum absolute atomic E-state index is 6.45. The second-order valence-corrected chi connectivity index (χ2v) is 15.7. The first-order chi connectivity index (χ1) is 28.7. The van der Waals surface area contributed by atoms with Gasteiger partial charge >= 0.3 is 0 Å². The molecule has 12 aromatic rings. The second kappa shape index (κ2) is 13.1. The number of nitrogens with zero attached hydrogens (tertiary/aromatic N) is 2. The van der Waals surface area contributed by atoms with Gasteiger partial charge < -0.3 is 13.7 Å². The Morgan fingerprint density at radius 1 is 0.431 bits per heavy atom. The molecule has 0 aliphatic carbocycles. The minimum absolute atomic E-state index is 0.600. The van der Waals surface area contributed by atoms with E-state index in [1.54, 1.807) is 0 Å². The first kappa shape index (κ1) is 32.7. The minimum Gasteiger partial charge on any atom is -0.456 e. The predicted octanol–water partition coefficient (Wildman–Crippen LogP) is 15.7. The van der Waals surface area contributed by atoms with Crippen LogP contribution in [0.3, 0.4) is 0 Å². The van der Waals surface area contributed by atoms with Crippen molar-refractivity contribution in [3.05, 3.63) is 194 Å². The highest BCUT2D eigenvalue weighted by Gasteiger charge is 2.20. The summed E-state index contributed by atoms with van der Waals surface area (Å²) in [5.74, 6) is 0.600. The lowest BCUT2D eigenvalue weighted by molar-refractivity contribution is 0.617. The number of hydrogen-bond donors (Lipinski definition) is 0. The Balaban J connectivity index is 0.984. The van der Waals surface area contributed by atoms with Crippen LogP contribution in [0.2, 0.25) is 0 Å². The lowest BCUT2D eigenvalue weighted by Crippen LogP contribution is -2.10. The molecule has 0 aliphatic rings. The van der Waals surface area contributed by atoms with Crippen LogP contribution < -0.4 is 4.90 Å². The fraction of sp³-hybridized carbons (Fsp3) is 0. The Bertz CT molecular complexity index is 3500. The third-order valence-electron chi connectivity index (χ3n) is 11.3. The number of fused-ring (bicyclic) bond motifs is 8. The van der Waals surface area contributed by atoms with Crippen LogP contribution in [0.4, 0.5) is 17.1 Å². The van der Waals surface area contributed by atoms with Crippen molar-refractivity contribution in [1.82, 2.24) is 4.98 Å². The summed E-state index contributed by atoms with van der Waals surface area (Å²) >= 11 is 1.85. The van der Waals surface area contributed by atoms with E-state index in [0.29, 0.717) is 11.5 Å². The van der Waals surface area contributed by atoms with Crippen molar-refractivity contribution in [1.29, 1.82) is 0 Å². The summed E-state index contributed by atoms with van der Waals surface area (Å²) in [6.45, 7) is 0. The molecule has 0 fully saturated rings. The van der Waals surface area contributed by atoms with Gasteiger partial charge in [-0.25, -0.2) is 4.98 Å². The van der Waals surface area contributed by atoms with Crippen LogP contribution >= 0.6 is 11.3 Å². The molecule has 0 saturated carbocycles. The first-order valence-electron chi connectivity index (χ1n) is 19.4. The Morgan fingerprint density at radius 3 is 1.91 bits per heavy atom. The summed E-state index contributed by atoms with van der Waals surface area (Å²) in [5.41, 5.74) is 12.0. The molecule has 0 saturated heterocycles. The monoisotopic (exact) mass is 760 g/mol. The Hall–Kier alpha value is -7.47. The fourth-order valence-corrected chi connectivity index (χ4v) is 9.79. The van der Waals surface area contributed by atoms with Crippen molar-refractivity contribution in [3.8, 4) is 33.7 Å². The second-order valence-electron chi connectivity index (χ2n) is 14.7. The van der Waals surface area contributed by atoms with E-state index in [-0.39, 0.29) is 0 Å². The molecule has 0 atom stereocenters.